The second-order valence-electron chi connectivity index (χ2n) is 4.70. The molecule has 3 heteroatoms. The number of cyclic esters (lactones) is 1. The fraction of sp³-hybridized carbons (Fsp3) is 0.188. The molecule has 1 saturated heterocycles. The van der Waals surface area contributed by atoms with Crippen LogP contribution >= 0.6 is 15.9 Å². The Morgan fingerprint density at radius 1 is 1.16 bits per heavy atom. The van der Waals surface area contributed by atoms with Crippen LogP contribution in [0.25, 0.3) is 10.8 Å². The van der Waals surface area contributed by atoms with E-state index in [4.69, 9.17) is 4.74 Å². The third kappa shape index (κ3) is 2.30. The van der Waals surface area contributed by atoms with E-state index in [0.29, 0.717) is 6.61 Å². The topological polar surface area (TPSA) is 26.3 Å². The van der Waals surface area contributed by atoms with Crippen molar-refractivity contribution in [2.75, 3.05) is 6.61 Å². The summed E-state index contributed by atoms with van der Waals surface area (Å²) in [5.41, 5.74) is 2.16. The highest BCUT2D eigenvalue weighted by atomic mass is 79.9. The van der Waals surface area contributed by atoms with Crippen LogP contribution in [0.3, 0.4) is 0 Å². The zero-order valence-electron chi connectivity index (χ0n) is 10.3. The predicted octanol–water partition coefficient (Wildman–Crippen LogP) is 4.15. The number of fused-ring (bicyclic) bond motifs is 1. The van der Waals surface area contributed by atoms with Crippen molar-refractivity contribution in [2.24, 2.45) is 0 Å². The van der Waals surface area contributed by atoms with Gasteiger partial charge in [-0.25, -0.2) is 0 Å². The van der Waals surface area contributed by atoms with Crippen LogP contribution in [0.2, 0.25) is 0 Å². The molecule has 2 aromatic carbocycles. The molecule has 3 rings (SSSR count). The summed E-state index contributed by atoms with van der Waals surface area (Å²) in [5.74, 6) is -0.335. The van der Waals surface area contributed by atoms with E-state index in [1.165, 1.54) is 0 Å². The molecule has 1 fully saturated rings. The molecule has 0 amide bonds. The van der Waals surface area contributed by atoms with Crippen molar-refractivity contribution >= 4 is 32.7 Å². The normalized spacial score (nSPS) is 21.6. The maximum absolute atomic E-state index is 12.0. The van der Waals surface area contributed by atoms with Crippen LogP contribution in [0, 0.1) is 0 Å². The Morgan fingerprint density at radius 2 is 1.95 bits per heavy atom. The van der Waals surface area contributed by atoms with Gasteiger partial charge in [-0.2, -0.15) is 0 Å². The third-order valence-electron chi connectivity index (χ3n) is 3.50. The first-order valence-corrected chi connectivity index (χ1v) is 7.13. The average Bonchev–Trinajstić information content (AvgIpc) is 2.47. The summed E-state index contributed by atoms with van der Waals surface area (Å²) in [6.07, 6.45) is 0.720. The van der Waals surface area contributed by atoms with E-state index in [-0.39, 0.29) is 11.9 Å². The zero-order chi connectivity index (χ0) is 13.2. The van der Waals surface area contributed by atoms with Gasteiger partial charge in [-0.3, -0.25) is 4.79 Å². The summed E-state index contributed by atoms with van der Waals surface area (Å²) in [6, 6.07) is 14.2. The van der Waals surface area contributed by atoms with Gasteiger partial charge in [0.25, 0.3) is 0 Å². The van der Waals surface area contributed by atoms with Crippen LogP contribution in [0.1, 0.15) is 17.9 Å². The monoisotopic (exact) mass is 316 g/mol. The van der Waals surface area contributed by atoms with E-state index >= 15 is 0 Å². The van der Waals surface area contributed by atoms with Crippen molar-refractivity contribution in [2.45, 2.75) is 12.3 Å². The molecule has 0 spiro atoms. The van der Waals surface area contributed by atoms with Crippen molar-refractivity contribution in [3.8, 4) is 0 Å². The number of hydrogen-bond acceptors (Lipinski definition) is 2. The van der Waals surface area contributed by atoms with E-state index in [1.54, 1.807) is 0 Å². The first-order valence-electron chi connectivity index (χ1n) is 6.22. The third-order valence-corrected chi connectivity index (χ3v) is 4.15. The molecule has 2 aromatic rings. The van der Waals surface area contributed by atoms with Gasteiger partial charge in [-0.1, -0.05) is 58.4 Å². The smallest absolute Gasteiger partial charge is 0.314 e. The minimum atomic E-state index is -0.205. The Hall–Kier alpha value is -1.61. The van der Waals surface area contributed by atoms with Gasteiger partial charge in [-0.05, 0) is 33.3 Å². The molecular weight excluding hydrogens is 304 g/mol. The van der Waals surface area contributed by atoms with Crippen molar-refractivity contribution in [1.29, 1.82) is 0 Å². The molecule has 1 heterocycles. The van der Waals surface area contributed by atoms with Crippen LogP contribution in [0.15, 0.2) is 53.0 Å². The van der Waals surface area contributed by atoms with E-state index in [1.807, 2.05) is 29.3 Å². The molecule has 0 bridgehead atoms. The summed E-state index contributed by atoms with van der Waals surface area (Å²) in [6.45, 7) is 0.394. The molecular formula is C16H13BrO2. The number of halogens is 1. The standard InChI is InChI=1S/C16H13BrO2/c17-9-11-8-15(16(18)19-10-11)14-7-3-5-12-4-1-2-6-13(12)14/h1-7,9,15H,8,10H2/b11-9-. The van der Waals surface area contributed by atoms with E-state index in [0.717, 1.165) is 28.3 Å². The number of carbonyl (C=O) groups is 1. The average molecular weight is 317 g/mol. The van der Waals surface area contributed by atoms with Gasteiger partial charge in [0.05, 0.1) is 5.92 Å². The Kier molecular flexibility index (Phi) is 3.38. The zero-order valence-corrected chi connectivity index (χ0v) is 11.9. The number of ether oxygens (including phenoxy) is 1. The maximum atomic E-state index is 12.0. The van der Waals surface area contributed by atoms with Crippen molar-refractivity contribution < 1.29 is 9.53 Å². The minimum Gasteiger partial charge on any atom is -0.461 e. The lowest BCUT2D eigenvalue weighted by Crippen LogP contribution is -2.24. The Bertz CT molecular complexity index is 655. The van der Waals surface area contributed by atoms with Crippen molar-refractivity contribution in [3.05, 3.63) is 58.6 Å². The first-order chi connectivity index (χ1) is 9.29. The van der Waals surface area contributed by atoms with Gasteiger partial charge in [0.2, 0.25) is 0 Å². The van der Waals surface area contributed by atoms with Crippen molar-refractivity contribution in [1.82, 2.24) is 0 Å². The van der Waals surface area contributed by atoms with Gasteiger partial charge >= 0.3 is 5.97 Å². The molecule has 2 nitrogen and oxygen atoms in total. The Morgan fingerprint density at radius 3 is 2.79 bits per heavy atom. The summed E-state index contributed by atoms with van der Waals surface area (Å²) < 4.78 is 5.26. The largest absolute Gasteiger partial charge is 0.461 e. The second kappa shape index (κ2) is 5.17. The van der Waals surface area contributed by atoms with Gasteiger partial charge < -0.3 is 4.74 Å². The van der Waals surface area contributed by atoms with E-state index < -0.39 is 0 Å². The molecule has 1 atom stereocenters. The number of hydrogen-bond donors (Lipinski definition) is 0. The van der Waals surface area contributed by atoms with Gasteiger partial charge in [0.1, 0.15) is 6.61 Å². The van der Waals surface area contributed by atoms with Gasteiger partial charge in [0.15, 0.2) is 0 Å². The lowest BCUT2D eigenvalue weighted by molar-refractivity contribution is -0.146. The molecule has 1 aliphatic heterocycles. The second-order valence-corrected chi connectivity index (χ2v) is 5.16. The molecule has 0 saturated carbocycles. The fourth-order valence-corrected chi connectivity index (χ4v) is 2.86. The highest BCUT2D eigenvalue weighted by Crippen LogP contribution is 2.34. The fourth-order valence-electron chi connectivity index (χ4n) is 2.54. The lowest BCUT2D eigenvalue weighted by atomic mass is 9.87. The van der Waals surface area contributed by atoms with Crippen LogP contribution in [0.4, 0.5) is 0 Å². The number of carbonyl (C=O) groups excluding carboxylic acids is 1. The number of benzene rings is 2. The SMILES string of the molecule is O=C1OC/C(=C\Br)CC1c1cccc2ccccc12. The first kappa shape index (κ1) is 12.4. The molecule has 0 aromatic heterocycles. The molecule has 0 aliphatic carbocycles. The van der Waals surface area contributed by atoms with E-state index in [2.05, 4.69) is 34.1 Å². The summed E-state index contributed by atoms with van der Waals surface area (Å²) in [7, 11) is 0. The highest BCUT2D eigenvalue weighted by Gasteiger charge is 2.29. The number of rotatable bonds is 1. The summed E-state index contributed by atoms with van der Waals surface area (Å²) >= 11 is 3.33. The van der Waals surface area contributed by atoms with Crippen LogP contribution < -0.4 is 0 Å². The number of esters is 1. The molecule has 1 unspecified atom stereocenters. The van der Waals surface area contributed by atoms with Gasteiger partial charge in [-0.15, -0.1) is 0 Å². The van der Waals surface area contributed by atoms with Gasteiger partial charge in [0, 0.05) is 0 Å². The van der Waals surface area contributed by atoms with E-state index in [9.17, 15) is 4.79 Å². The Labute approximate surface area is 120 Å². The summed E-state index contributed by atoms with van der Waals surface area (Å²) in [4.78, 5) is 13.9. The lowest BCUT2D eigenvalue weighted by Gasteiger charge is -2.24. The molecule has 0 radical (unpaired) electrons. The molecule has 1 aliphatic rings. The summed E-state index contributed by atoms with van der Waals surface area (Å²) in [5, 5.41) is 2.28. The molecule has 96 valence electrons. The predicted molar refractivity (Wildman–Crippen MR) is 79.3 cm³/mol. The molecule has 19 heavy (non-hydrogen) atoms. The van der Waals surface area contributed by atoms with Crippen LogP contribution in [0.5, 0.6) is 0 Å². The van der Waals surface area contributed by atoms with Crippen molar-refractivity contribution in [3.63, 3.8) is 0 Å². The quantitative estimate of drug-likeness (QED) is 0.739. The molecule has 0 N–H and O–H groups in total. The highest BCUT2D eigenvalue weighted by molar-refractivity contribution is 9.11. The van der Waals surface area contributed by atoms with Crippen LogP contribution in [-0.2, 0) is 9.53 Å². The van der Waals surface area contributed by atoms with Crippen LogP contribution in [-0.4, -0.2) is 12.6 Å². The minimum absolute atomic E-state index is 0.130. The maximum Gasteiger partial charge on any atom is 0.314 e. The Balaban J connectivity index is 2.10.